The summed E-state index contributed by atoms with van der Waals surface area (Å²) < 4.78 is 18.6. The van der Waals surface area contributed by atoms with E-state index in [-0.39, 0.29) is 24.2 Å². The van der Waals surface area contributed by atoms with E-state index >= 15 is 0 Å². The predicted octanol–water partition coefficient (Wildman–Crippen LogP) is 4.72. The van der Waals surface area contributed by atoms with E-state index in [4.69, 9.17) is 4.74 Å². The van der Waals surface area contributed by atoms with E-state index in [0.717, 1.165) is 16.9 Å². The van der Waals surface area contributed by atoms with Gasteiger partial charge in [-0.05, 0) is 36.8 Å². The SMILES string of the molecule is COc1ccc(C(C)N(C)C(=O)Cc2csc(-c3cccc(F)c3)n2)cc1. The van der Waals surface area contributed by atoms with Crippen LogP contribution in [0.4, 0.5) is 4.39 Å². The van der Waals surface area contributed by atoms with Crippen LogP contribution in [-0.4, -0.2) is 29.9 Å². The van der Waals surface area contributed by atoms with Gasteiger partial charge < -0.3 is 9.64 Å². The molecule has 0 bridgehead atoms. The summed E-state index contributed by atoms with van der Waals surface area (Å²) in [5.74, 6) is 0.468. The number of hydrogen-bond acceptors (Lipinski definition) is 4. The van der Waals surface area contributed by atoms with Gasteiger partial charge in [0.1, 0.15) is 16.6 Å². The second-order valence-electron chi connectivity index (χ2n) is 6.28. The molecule has 3 aromatic rings. The molecule has 0 N–H and O–H groups in total. The second-order valence-corrected chi connectivity index (χ2v) is 7.14. The molecule has 0 aliphatic heterocycles. The summed E-state index contributed by atoms with van der Waals surface area (Å²) in [5, 5.41) is 2.56. The first-order valence-corrected chi connectivity index (χ1v) is 9.46. The zero-order chi connectivity index (χ0) is 19.4. The first-order valence-electron chi connectivity index (χ1n) is 8.58. The topological polar surface area (TPSA) is 42.4 Å². The lowest BCUT2D eigenvalue weighted by Gasteiger charge is -2.25. The van der Waals surface area contributed by atoms with Crippen LogP contribution in [0.5, 0.6) is 5.75 Å². The predicted molar refractivity (Wildman–Crippen MR) is 105 cm³/mol. The molecule has 1 heterocycles. The molecular formula is C21H21FN2O2S. The molecule has 1 amide bonds. The van der Waals surface area contributed by atoms with Crippen LogP contribution in [0, 0.1) is 5.82 Å². The second kappa shape index (κ2) is 8.31. The van der Waals surface area contributed by atoms with Crippen molar-refractivity contribution in [1.82, 2.24) is 9.88 Å². The molecule has 0 fully saturated rings. The maximum absolute atomic E-state index is 13.4. The average molecular weight is 384 g/mol. The Balaban J connectivity index is 1.67. The molecule has 0 radical (unpaired) electrons. The molecule has 0 aliphatic rings. The van der Waals surface area contributed by atoms with Crippen molar-refractivity contribution in [3.8, 4) is 16.3 Å². The van der Waals surface area contributed by atoms with Crippen LogP contribution in [-0.2, 0) is 11.2 Å². The number of carbonyl (C=O) groups is 1. The zero-order valence-corrected chi connectivity index (χ0v) is 16.3. The first-order chi connectivity index (χ1) is 13.0. The van der Waals surface area contributed by atoms with Crippen molar-refractivity contribution in [2.45, 2.75) is 19.4 Å². The van der Waals surface area contributed by atoms with Crippen LogP contribution < -0.4 is 4.74 Å². The summed E-state index contributed by atoms with van der Waals surface area (Å²) >= 11 is 1.41. The van der Waals surface area contributed by atoms with Crippen LogP contribution in [0.15, 0.2) is 53.9 Å². The lowest BCUT2D eigenvalue weighted by Crippen LogP contribution is -2.31. The lowest BCUT2D eigenvalue weighted by atomic mass is 10.1. The normalized spacial score (nSPS) is 11.9. The zero-order valence-electron chi connectivity index (χ0n) is 15.5. The molecule has 1 atom stereocenters. The third kappa shape index (κ3) is 4.52. The molecule has 27 heavy (non-hydrogen) atoms. The highest BCUT2D eigenvalue weighted by Crippen LogP contribution is 2.26. The Morgan fingerprint density at radius 1 is 1.26 bits per heavy atom. The number of rotatable bonds is 6. The number of halogens is 1. The molecule has 2 aromatic carbocycles. The number of carbonyl (C=O) groups excluding carboxylic acids is 1. The molecule has 1 unspecified atom stereocenters. The molecule has 0 saturated heterocycles. The minimum Gasteiger partial charge on any atom is -0.497 e. The van der Waals surface area contributed by atoms with Gasteiger partial charge in [0.15, 0.2) is 0 Å². The number of amides is 1. The van der Waals surface area contributed by atoms with Crippen LogP contribution in [0.2, 0.25) is 0 Å². The summed E-state index contributed by atoms with van der Waals surface area (Å²) in [7, 11) is 3.41. The molecule has 0 saturated carbocycles. The van der Waals surface area contributed by atoms with Gasteiger partial charge >= 0.3 is 0 Å². The van der Waals surface area contributed by atoms with Gasteiger partial charge in [-0.25, -0.2) is 9.37 Å². The molecule has 140 valence electrons. The minimum atomic E-state index is -0.298. The van der Waals surface area contributed by atoms with E-state index in [1.807, 2.05) is 42.6 Å². The van der Waals surface area contributed by atoms with Crippen molar-refractivity contribution >= 4 is 17.2 Å². The Bertz CT molecular complexity index is 924. The van der Waals surface area contributed by atoms with Gasteiger partial charge in [-0.15, -0.1) is 11.3 Å². The average Bonchev–Trinajstić information content (AvgIpc) is 3.15. The van der Waals surface area contributed by atoms with Crippen LogP contribution in [0.1, 0.15) is 24.2 Å². The summed E-state index contributed by atoms with van der Waals surface area (Å²) in [5.41, 5.74) is 2.45. The number of nitrogens with zero attached hydrogens (tertiary/aromatic N) is 2. The fourth-order valence-corrected chi connectivity index (χ4v) is 3.56. The fourth-order valence-electron chi connectivity index (χ4n) is 2.74. The fraction of sp³-hybridized carbons (Fsp3) is 0.238. The molecule has 0 spiro atoms. The number of benzene rings is 2. The minimum absolute atomic E-state index is 0.0191. The lowest BCUT2D eigenvalue weighted by molar-refractivity contribution is -0.131. The van der Waals surface area contributed by atoms with Gasteiger partial charge in [0.05, 0.1) is 25.3 Å². The highest BCUT2D eigenvalue weighted by atomic mass is 32.1. The van der Waals surface area contributed by atoms with Gasteiger partial charge in [0, 0.05) is 18.0 Å². The van der Waals surface area contributed by atoms with Crippen molar-refractivity contribution in [3.05, 3.63) is 71.0 Å². The number of thiazole rings is 1. The van der Waals surface area contributed by atoms with Gasteiger partial charge in [-0.3, -0.25) is 4.79 Å². The maximum atomic E-state index is 13.4. The smallest absolute Gasteiger partial charge is 0.228 e. The Labute approximate surface area is 162 Å². The third-order valence-electron chi connectivity index (χ3n) is 4.53. The van der Waals surface area contributed by atoms with Crippen molar-refractivity contribution in [2.24, 2.45) is 0 Å². The van der Waals surface area contributed by atoms with E-state index in [9.17, 15) is 9.18 Å². The molecule has 0 aliphatic carbocycles. The van der Waals surface area contributed by atoms with E-state index in [0.29, 0.717) is 10.7 Å². The van der Waals surface area contributed by atoms with Crippen molar-refractivity contribution in [1.29, 1.82) is 0 Å². The standard InChI is InChI=1S/C21H21FN2O2S/c1-14(15-7-9-19(26-3)10-8-15)24(2)20(25)12-18-13-27-21(23-18)16-5-4-6-17(22)11-16/h4-11,13-14H,12H2,1-3H3. The molecule has 3 rings (SSSR count). The largest absolute Gasteiger partial charge is 0.497 e. The first kappa shape index (κ1) is 19.0. The maximum Gasteiger partial charge on any atom is 0.228 e. The molecule has 4 nitrogen and oxygen atoms in total. The highest BCUT2D eigenvalue weighted by Gasteiger charge is 2.19. The number of ether oxygens (including phenoxy) is 1. The third-order valence-corrected chi connectivity index (χ3v) is 5.47. The van der Waals surface area contributed by atoms with Crippen molar-refractivity contribution in [3.63, 3.8) is 0 Å². The Morgan fingerprint density at radius 2 is 2.00 bits per heavy atom. The number of methoxy groups -OCH3 is 1. The van der Waals surface area contributed by atoms with E-state index in [1.165, 1.54) is 23.5 Å². The summed E-state index contributed by atoms with van der Waals surface area (Å²) in [6, 6.07) is 13.9. The summed E-state index contributed by atoms with van der Waals surface area (Å²) in [6.07, 6.45) is 0.211. The number of hydrogen-bond donors (Lipinski definition) is 0. The monoisotopic (exact) mass is 384 g/mol. The molecular weight excluding hydrogens is 363 g/mol. The highest BCUT2D eigenvalue weighted by molar-refractivity contribution is 7.13. The van der Waals surface area contributed by atoms with Crippen molar-refractivity contribution in [2.75, 3.05) is 14.2 Å². The Hall–Kier alpha value is -2.73. The van der Waals surface area contributed by atoms with Gasteiger partial charge in [0.25, 0.3) is 0 Å². The number of likely N-dealkylation sites (N-methyl/N-ethyl adjacent to an activating group) is 1. The van der Waals surface area contributed by atoms with Crippen molar-refractivity contribution < 1.29 is 13.9 Å². The van der Waals surface area contributed by atoms with E-state index in [1.54, 1.807) is 25.1 Å². The quantitative estimate of drug-likeness (QED) is 0.618. The van der Waals surface area contributed by atoms with E-state index in [2.05, 4.69) is 4.98 Å². The van der Waals surface area contributed by atoms with E-state index < -0.39 is 0 Å². The van der Waals surface area contributed by atoms with Crippen LogP contribution in [0.25, 0.3) is 10.6 Å². The molecule has 6 heteroatoms. The Kier molecular flexibility index (Phi) is 5.86. The molecule has 1 aromatic heterocycles. The summed E-state index contributed by atoms with van der Waals surface area (Å²) in [4.78, 5) is 18.9. The number of aromatic nitrogens is 1. The van der Waals surface area contributed by atoms with Gasteiger partial charge in [0.2, 0.25) is 5.91 Å². The van der Waals surface area contributed by atoms with Crippen LogP contribution in [0.3, 0.4) is 0 Å². The van der Waals surface area contributed by atoms with Gasteiger partial charge in [-0.1, -0.05) is 24.3 Å². The Morgan fingerprint density at radius 3 is 2.67 bits per heavy atom. The summed E-state index contributed by atoms with van der Waals surface area (Å²) in [6.45, 7) is 1.99. The van der Waals surface area contributed by atoms with Crippen LogP contribution >= 0.6 is 11.3 Å². The van der Waals surface area contributed by atoms with Gasteiger partial charge in [-0.2, -0.15) is 0 Å².